The predicted octanol–water partition coefficient (Wildman–Crippen LogP) is 5.86. The lowest BCUT2D eigenvalue weighted by atomic mass is 9.99. The number of amides is 1. The van der Waals surface area contributed by atoms with Gasteiger partial charge in [-0.2, -0.15) is 31.4 Å². The minimum Gasteiger partial charge on any atom is -0.426 e. The molecule has 3 heterocycles. The van der Waals surface area contributed by atoms with Crippen molar-refractivity contribution in [2.24, 2.45) is 7.05 Å². The molecule has 178 valence electrons. The second-order valence-corrected chi connectivity index (χ2v) is 8.23. The van der Waals surface area contributed by atoms with E-state index in [2.05, 4.69) is 14.8 Å². The number of benzene rings is 1. The molecule has 6 nitrogen and oxygen atoms in total. The molecule has 0 atom stereocenters. The number of fused-ring (bicyclic) bond motifs is 3. The van der Waals surface area contributed by atoms with Crippen LogP contribution < -0.4 is 0 Å². The third kappa shape index (κ3) is 4.33. The van der Waals surface area contributed by atoms with Gasteiger partial charge in [0.05, 0.1) is 27.8 Å². The van der Waals surface area contributed by atoms with E-state index >= 15 is 0 Å². The molecule has 1 N–H and O–H groups in total. The first-order valence-electron chi connectivity index (χ1n) is 9.37. The zero-order valence-electron chi connectivity index (χ0n) is 16.6. The molecular weight excluding hydrogens is 501 g/mol. The van der Waals surface area contributed by atoms with Crippen LogP contribution in [0.25, 0.3) is 22.2 Å². The lowest BCUT2D eigenvalue weighted by Crippen LogP contribution is -2.48. The van der Waals surface area contributed by atoms with E-state index in [-0.39, 0.29) is 29.6 Å². The van der Waals surface area contributed by atoms with Gasteiger partial charge in [0.15, 0.2) is 0 Å². The van der Waals surface area contributed by atoms with E-state index < -0.39 is 24.5 Å². The van der Waals surface area contributed by atoms with Gasteiger partial charge in [-0.1, -0.05) is 23.2 Å². The minimum absolute atomic E-state index is 0.122. The number of aromatic nitrogens is 3. The van der Waals surface area contributed by atoms with Crippen LogP contribution in [0.2, 0.25) is 10.0 Å². The molecule has 2 aromatic heterocycles. The Morgan fingerprint density at radius 2 is 1.88 bits per heavy atom. The first-order chi connectivity index (χ1) is 15.3. The summed E-state index contributed by atoms with van der Waals surface area (Å²) >= 11 is 12.6. The van der Waals surface area contributed by atoms with E-state index in [0.29, 0.717) is 33.4 Å². The van der Waals surface area contributed by atoms with Gasteiger partial charge in [0, 0.05) is 48.4 Å². The molecule has 4 rings (SSSR count). The van der Waals surface area contributed by atoms with Crippen molar-refractivity contribution in [3.8, 4) is 11.3 Å². The van der Waals surface area contributed by atoms with Crippen LogP contribution >= 0.6 is 23.2 Å². The van der Waals surface area contributed by atoms with E-state index in [4.69, 9.17) is 23.2 Å². The molecule has 1 amide bonds. The number of aryl methyl sites for hydroxylation is 1. The zero-order chi connectivity index (χ0) is 24.3. The molecule has 0 fully saturated rings. The van der Waals surface area contributed by atoms with Gasteiger partial charge in [-0.05, 0) is 12.1 Å². The molecule has 0 spiro atoms. The number of ether oxygens (including phenoxy) is 1. The number of hydrogen-bond donors (Lipinski definition) is 1. The topological polar surface area (TPSA) is 63.2 Å². The van der Waals surface area contributed by atoms with Crippen molar-refractivity contribution in [2.75, 3.05) is 6.54 Å². The predicted molar refractivity (Wildman–Crippen MR) is 107 cm³/mol. The average molecular weight is 515 g/mol. The van der Waals surface area contributed by atoms with Crippen LogP contribution in [0, 0.1) is 0 Å². The molecule has 0 aliphatic carbocycles. The second-order valence-electron chi connectivity index (χ2n) is 7.45. The molecule has 0 bridgehead atoms. The Morgan fingerprint density at radius 1 is 1.21 bits per heavy atom. The lowest BCUT2D eigenvalue weighted by molar-refractivity contribution is -0.308. The number of rotatable bonds is 2. The smallest absolute Gasteiger partial charge is 0.426 e. The summed E-state index contributed by atoms with van der Waals surface area (Å²) in [7, 11) is 1.69. The Labute approximate surface area is 192 Å². The fourth-order valence-electron chi connectivity index (χ4n) is 3.75. The van der Waals surface area contributed by atoms with E-state index in [1.807, 2.05) is 0 Å². The summed E-state index contributed by atoms with van der Waals surface area (Å²) in [4.78, 5) is 16.2. The maximum atomic E-state index is 12.8. The summed E-state index contributed by atoms with van der Waals surface area (Å²) in [5, 5.41) is 5.24. The molecule has 0 radical (unpaired) electrons. The SMILES string of the molecule is Cn1ccc(-c2cc(Cl)c(Cl)c3[nH]c4c(c23)CN(C(=O)OC(C(F)(F)F)C(F)(F)F)CC4)n1. The molecule has 1 aliphatic heterocycles. The second kappa shape index (κ2) is 8.01. The first kappa shape index (κ1) is 23.6. The normalized spacial score (nSPS) is 14.8. The summed E-state index contributed by atoms with van der Waals surface area (Å²) in [6.07, 6.45) is -15.7. The fraction of sp³-hybridized carbons (Fsp3) is 0.368. The highest BCUT2D eigenvalue weighted by atomic mass is 35.5. The van der Waals surface area contributed by atoms with Crippen molar-refractivity contribution in [1.82, 2.24) is 19.7 Å². The number of alkyl halides is 6. The number of nitrogens with one attached hydrogen (secondary N) is 1. The number of aromatic amines is 1. The van der Waals surface area contributed by atoms with Gasteiger partial charge in [0.2, 0.25) is 0 Å². The molecule has 1 aliphatic rings. The molecule has 1 aromatic carbocycles. The highest BCUT2D eigenvalue weighted by Gasteiger charge is 2.60. The van der Waals surface area contributed by atoms with Gasteiger partial charge in [0.1, 0.15) is 0 Å². The van der Waals surface area contributed by atoms with Crippen molar-refractivity contribution >= 4 is 40.2 Å². The highest BCUT2D eigenvalue weighted by Crippen LogP contribution is 2.42. The molecular formula is C19H14Cl2F6N4O2. The number of carbonyl (C=O) groups excluding carboxylic acids is 1. The maximum absolute atomic E-state index is 12.8. The van der Waals surface area contributed by atoms with Crippen LogP contribution in [0.3, 0.4) is 0 Å². The van der Waals surface area contributed by atoms with Crippen molar-refractivity contribution in [3.63, 3.8) is 0 Å². The third-order valence-electron chi connectivity index (χ3n) is 5.20. The van der Waals surface area contributed by atoms with Crippen LogP contribution in [-0.4, -0.2) is 50.8 Å². The van der Waals surface area contributed by atoms with Crippen molar-refractivity contribution < 1.29 is 35.9 Å². The molecule has 0 saturated heterocycles. The maximum Gasteiger partial charge on any atom is 0.434 e. The van der Waals surface area contributed by atoms with Gasteiger partial charge < -0.3 is 14.6 Å². The van der Waals surface area contributed by atoms with Gasteiger partial charge >= 0.3 is 18.4 Å². The first-order valence-corrected chi connectivity index (χ1v) is 10.1. The molecule has 0 unspecified atom stereocenters. The van der Waals surface area contributed by atoms with Crippen molar-refractivity contribution in [3.05, 3.63) is 39.6 Å². The monoisotopic (exact) mass is 514 g/mol. The fourth-order valence-corrected chi connectivity index (χ4v) is 4.15. The molecule has 3 aromatic rings. The highest BCUT2D eigenvalue weighted by molar-refractivity contribution is 6.45. The van der Waals surface area contributed by atoms with E-state index in [0.717, 1.165) is 4.90 Å². The van der Waals surface area contributed by atoms with Gasteiger partial charge in [-0.15, -0.1) is 0 Å². The summed E-state index contributed by atoms with van der Waals surface area (Å²) in [5.41, 5.74) is 2.57. The van der Waals surface area contributed by atoms with Gasteiger partial charge in [-0.3, -0.25) is 4.68 Å². The van der Waals surface area contributed by atoms with Gasteiger partial charge in [-0.25, -0.2) is 4.79 Å². The number of hydrogen-bond acceptors (Lipinski definition) is 3. The summed E-state index contributed by atoms with van der Waals surface area (Å²) in [6, 6.07) is 3.26. The van der Waals surface area contributed by atoms with Crippen LogP contribution in [0.1, 0.15) is 11.3 Å². The summed E-state index contributed by atoms with van der Waals surface area (Å²) in [6.45, 7) is -0.459. The standard InChI is InChI=1S/C19H14Cl2F6N4O2/c1-30-4-2-12(29-30)8-6-10(20)14(21)15-13(8)9-7-31(5-3-11(9)28-15)17(32)33-16(18(22,23)24)19(25,26)27/h2,4,6,16,28H,3,5,7H2,1H3. The average Bonchev–Trinajstić information content (AvgIpc) is 3.30. The van der Waals surface area contributed by atoms with Crippen LogP contribution in [0.15, 0.2) is 18.3 Å². The quantitative estimate of drug-likeness (QED) is 0.435. The van der Waals surface area contributed by atoms with Crippen LogP contribution in [0.4, 0.5) is 31.1 Å². The Balaban J connectivity index is 1.73. The van der Waals surface area contributed by atoms with Crippen LogP contribution in [-0.2, 0) is 24.8 Å². The minimum atomic E-state index is -5.80. The van der Waals surface area contributed by atoms with Crippen molar-refractivity contribution in [2.45, 2.75) is 31.4 Å². The van der Waals surface area contributed by atoms with E-state index in [1.54, 1.807) is 30.1 Å². The summed E-state index contributed by atoms with van der Waals surface area (Å²) < 4.78 is 82.2. The Kier molecular flexibility index (Phi) is 5.72. The number of carbonyl (C=O) groups is 1. The Morgan fingerprint density at radius 3 is 2.45 bits per heavy atom. The molecule has 0 saturated carbocycles. The van der Waals surface area contributed by atoms with Gasteiger partial charge in [0.25, 0.3) is 6.10 Å². The largest absolute Gasteiger partial charge is 0.434 e. The number of nitrogens with zero attached hydrogens (tertiary/aromatic N) is 3. The molecule has 33 heavy (non-hydrogen) atoms. The van der Waals surface area contributed by atoms with Crippen LogP contribution in [0.5, 0.6) is 0 Å². The van der Waals surface area contributed by atoms with E-state index in [1.165, 1.54) is 0 Å². The summed E-state index contributed by atoms with van der Waals surface area (Å²) in [5.74, 6) is 0. The van der Waals surface area contributed by atoms with E-state index in [9.17, 15) is 31.1 Å². The molecule has 14 heteroatoms. The Bertz CT molecular complexity index is 1220. The lowest BCUT2D eigenvalue weighted by Gasteiger charge is -2.30. The third-order valence-corrected chi connectivity index (χ3v) is 5.99. The van der Waals surface area contributed by atoms with Crippen molar-refractivity contribution in [1.29, 1.82) is 0 Å². The zero-order valence-corrected chi connectivity index (χ0v) is 18.1. The number of H-pyrrole nitrogens is 1. The Hall–Kier alpha value is -2.60. The number of halogens is 8.